The van der Waals surface area contributed by atoms with Gasteiger partial charge in [0, 0.05) is 33.7 Å². The Hall–Kier alpha value is -2.62. The first-order valence-corrected chi connectivity index (χ1v) is 9.02. The number of fused-ring (bicyclic) bond motifs is 6. The monoisotopic (exact) mass is 348 g/mol. The molecule has 0 radical (unpaired) electrons. The third-order valence-electron chi connectivity index (χ3n) is 6.43. The van der Waals surface area contributed by atoms with Crippen LogP contribution in [0.25, 0.3) is 16.8 Å². The third kappa shape index (κ3) is 1.79. The lowest BCUT2D eigenvalue weighted by Crippen LogP contribution is -2.37. The van der Waals surface area contributed by atoms with Crippen LogP contribution in [-0.4, -0.2) is 16.7 Å². The van der Waals surface area contributed by atoms with E-state index in [9.17, 15) is 14.7 Å². The molecular weight excluding hydrogens is 328 g/mol. The number of carbonyl (C=O) groups excluding carboxylic acids is 2. The normalized spacial score (nSPS) is 26.7. The van der Waals surface area contributed by atoms with E-state index in [-0.39, 0.29) is 41.0 Å². The summed E-state index contributed by atoms with van der Waals surface area (Å²) in [6.45, 7) is 6.23. The molecule has 1 N–H and O–H groups in total. The second kappa shape index (κ2) is 4.76. The van der Waals surface area contributed by atoms with Gasteiger partial charge in [-0.25, -0.2) is 0 Å². The molecule has 1 aromatic heterocycles. The number of Topliss-reactive ketones (excluding diaryl/α,β-unsaturated/α-hetero) is 2. The van der Waals surface area contributed by atoms with Gasteiger partial charge in [0.05, 0.1) is 18.9 Å². The molecule has 4 nitrogen and oxygen atoms in total. The quantitative estimate of drug-likeness (QED) is 0.711. The Kier molecular flexibility index (Phi) is 2.86. The average molecular weight is 348 g/mol. The van der Waals surface area contributed by atoms with E-state index in [1.54, 1.807) is 18.6 Å². The number of benzene rings is 1. The molecule has 4 heteroatoms. The fourth-order valence-corrected chi connectivity index (χ4v) is 5.07. The van der Waals surface area contributed by atoms with Crippen molar-refractivity contribution in [3.05, 3.63) is 46.4 Å². The summed E-state index contributed by atoms with van der Waals surface area (Å²) in [7, 11) is 0. The molecule has 3 aliphatic rings. The number of aromatic hydroxyl groups is 1. The highest BCUT2D eigenvalue weighted by Crippen LogP contribution is 2.60. The Bertz CT molecular complexity index is 1080. The number of carbonyl (C=O) groups is 2. The number of ketones is 2. The zero-order valence-electron chi connectivity index (χ0n) is 15.1. The molecule has 0 spiro atoms. The molecule has 0 amide bonds. The molecule has 3 aliphatic carbocycles. The van der Waals surface area contributed by atoms with Gasteiger partial charge in [-0.1, -0.05) is 38.0 Å². The van der Waals surface area contributed by atoms with Crippen molar-refractivity contribution >= 4 is 28.4 Å². The van der Waals surface area contributed by atoms with Crippen LogP contribution in [0, 0.1) is 11.3 Å². The van der Waals surface area contributed by atoms with Gasteiger partial charge in [-0.05, 0) is 23.5 Å². The first kappa shape index (κ1) is 15.6. The lowest BCUT2D eigenvalue weighted by atomic mass is 9.60. The van der Waals surface area contributed by atoms with E-state index in [1.807, 2.05) is 13.0 Å². The number of rotatable bonds is 0. The summed E-state index contributed by atoms with van der Waals surface area (Å²) in [6, 6.07) is 1.71. The summed E-state index contributed by atoms with van der Waals surface area (Å²) in [4.78, 5) is 25.2. The Labute approximate surface area is 151 Å². The van der Waals surface area contributed by atoms with Crippen LogP contribution < -0.4 is 0 Å². The maximum atomic E-state index is 12.9. The van der Waals surface area contributed by atoms with Crippen molar-refractivity contribution in [2.75, 3.05) is 0 Å². The van der Waals surface area contributed by atoms with Crippen molar-refractivity contribution in [1.82, 2.24) is 0 Å². The van der Waals surface area contributed by atoms with Crippen molar-refractivity contribution in [3.8, 4) is 5.75 Å². The van der Waals surface area contributed by atoms with E-state index < -0.39 is 0 Å². The molecule has 2 unspecified atom stereocenters. The van der Waals surface area contributed by atoms with Crippen LogP contribution in [0.4, 0.5) is 0 Å². The van der Waals surface area contributed by atoms with E-state index >= 15 is 0 Å². The van der Waals surface area contributed by atoms with Gasteiger partial charge < -0.3 is 9.52 Å². The minimum Gasteiger partial charge on any atom is -0.507 e. The summed E-state index contributed by atoms with van der Waals surface area (Å²) >= 11 is 0. The third-order valence-corrected chi connectivity index (χ3v) is 6.43. The highest BCUT2D eigenvalue weighted by atomic mass is 16.3. The highest BCUT2D eigenvalue weighted by molar-refractivity contribution is 6.15. The van der Waals surface area contributed by atoms with Crippen molar-refractivity contribution in [3.63, 3.8) is 0 Å². The SMILES string of the molecule is CC1C(=O)CC(=O)C2=C1CC(C)(C)C1=Cc3c(O)cc4cocc4c3C12. The zero-order valence-corrected chi connectivity index (χ0v) is 15.1. The summed E-state index contributed by atoms with van der Waals surface area (Å²) in [5, 5.41) is 12.3. The molecule has 5 rings (SSSR count). The number of hydrogen-bond donors (Lipinski definition) is 1. The van der Waals surface area contributed by atoms with Crippen LogP contribution in [0.1, 0.15) is 50.7 Å². The number of allylic oxidation sites excluding steroid dienone is 3. The number of hydrogen-bond acceptors (Lipinski definition) is 4. The fraction of sp³-hybridized carbons (Fsp3) is 0.364. The second-order valence-corrected chi connectivity index (χ2v) is 8.42. The molecule has 132 valence electrons. The maximum Gasteiger partial charge on any atom is 0.167 e. The molecule has 0 saturated heterocycles. The van der Waals surface area contributed by atoms with Gasteiger partial charge >= 0.3 is 0 Å². The van der Waals surface area contributed by atoms with Gasteiger partial charge in [-0.3, -0.25) is 9.59 Å². The summed E-state index contributed by atoms with van der Waals surface area (Å²) < 4.78 is 5.39. The smallest absolute Gasteiger partial charge is 0.167 e. The molecule has 26 heavy (non-hydrogen) atoms. The summed E-state index contributed by atoms with van der Waals surface area (Å²) in [6.07, 6.45) is 6.03. The Morgan fingerprint density at radius 3 is 2.77 bits per heavy atom. The van der Waals surface area contributed by atoms with E-state index in [0.717, 1.165) is 38.6 Å². The van der Waals surface area contributed by atoms with Crippen molar-refractivity contribution in [1.29, 1.82) is 0 Å². The van der Waals surface area contributed by atoms with Crippen LogP contribution in [0.2, 0.25) is 0 Å². The van der Waals surface area contributed by atoms with Crippen LogP contribution >= 0.6 is 0 Å². The van der Waals surface area contributed by atoms with Crippen molar-refractivity contribution in [2.24, 2.45) is 11.3 Å². The highest BCUT2D eigenvalue weighted by Gasteiger charge is 2.49. The Balaban J connectivity index is 1.87. The van der Waals surface area contributed by atoms with Crippen LogP contribution in [0.15, 0.2) is 39.7 Å². The average Bonchev–Trinajstić information content (AvgIpc) is 3.17. The van der Waals surface area contributed by atoms with Crippen LogP contribution in [0.5, 0.6) is 5.75 Å². The summed E-state index contributed by atoms with van der Waals surface area (Å²) in [5.41, 5.74) is 4.43. The second-order valence-electron chi connectivity index (χ2n) is 8.42. The lowest BCUT2D eigenvalue weighted by Gasteiger charge is -2.42. The van der Waals surface area contributed by atoms with Gasteiger partial charge in [0.15, 0.2) is 5.78 Å². The van der Waals surface area contributed by atoms with Gasteiger partial charge in [-0.2, -0.15) is 0 Å². The van der Waals surface area contributed by atoms with E-state index in [1.165, 1.54) is 0 Å². The topological polar surface area (TPSA) is 67.5 Å². The zero-order chi connectivity index (χ0) is 18.4. The lowest BCUT2D eigenvalue weighted by molar-refractivity contribution is -0.128. The number of phenolic OH excluding ortho intramolecular Hbond substituents is 1. The first-order valence-electron chi connectivity index (χ1n) is 9.02. The fourth-order valence-electron chi connectivity index (χ4n) is 5.07. The molecule has 2 atom stereocenters. The van der Waals surface area contributed by atoms with Crippen LogP contribution in [0.3, 0.4) is 0 Å². The van der Waals surface area contributed by atoms with Gasteiger partial charge in [-0.15, -0.1) is 0 Å². The van der Waals surface area contributed by atoms with Crippen LogP contribution in [-0.2, 0) is 9.59 Å². The van der Waals surface area contributed by atoms with E-state index in [0.29, 0.717) is 6.42 Å². The molecule has 0 aliphatic heterocycles. The van der Waals surface area contributed by atoms with Gasteiger partial charge in [0.1, 0.15) is 11.5 Å². The Morgan fingerprint density at radius 2 is 2.00 bits per heavy atom. The minimum atomic E-state index is -0.218. The maximum absolute atomic E-state index is 12.9. The van der Waals surface area contributed by atoms with Crippen molar-refractivity contribution in [2.45, 2.75) is 39.5 Å². The van der Waals surface area contributed by atoms with Crippen molar-refractivity contribution < 1.29 is 19.1 Å². The van der Waals surface area contributed by atoms with Gasteiger partial charge in [0.25, 0.3) is 0 Å². The number of phenols is 1. The largest absolute Gasteiger partial charge is 0.507 e. The molecule has 1 aromatic carbocycles. The first-order chi connectivity index (χ1) is 12.3. The molecule has 2 aromatic rings. The predicted molar refractivity (Wildman–Crippen MR) is 97.8 cm³/mol. The van der Waals surface area contributed by atoms with Gasteiger partial charge in [0.2, 0.25) is 0 Å². The molecule has 0 bridgehead atoms. The molecular formula is C22H20O4. The van der Waals surface area contributed by atoms with E-state index in [4.69, 9.17) is 4.42 Å². The van der Waals surface area contributed by atoms with E-state index in [2.05, 4.69) is 13.8 Å². The predicted octanol–water partition coefficient (Wildman–Crippen LogP) is 4.52. The number of furan rings is 1. The minimum absolute atomic E-state index is 0.0135. The summed E-state index contributed by atoms with van der Waals surface area (Å²) in [5.74, 6) is -0.258. The standard InChI is InChI=1S/C22H20O4/c1-10-13-7-22(2,3)15-5-12-17(24)4-11-8-26-9-14(11)19(12)21(15)20(13)18(25)6-16(10)23/h4-5,8-10,21,24H,6-7H2,1-3H3. The molecule has 0 fully saturated rings. The molecule has 0 saturated carbocycles. The molecule has 1 heterocycles. The Morgan fingerprint density at radius 1 is 1.23 bits per heavy atom.